The topological polar surface area (TPSA) is 29.3 Å². The van der Waals surface area contributed by atoms with Crippen molar-refractivity contribution in [3.8, 4) is 0 Å². The molecule has 0 amide bonds. The number of piperidine rings is 1. The van der Waals surface area contributed by atoms with E-state index in [4.69, 9.17) is 5.73 Å². The van der Waals surface area contributed by atoms with Crippen LogP contribution in [0.15, 0.2) is 0 Å². The largest absolute Gasteiger partial charge is 0.330 e. The van der Waals surface area contributed by atoms with Crippen molar-refractivity contribution in [2.45, 2.75) is 71.9 Å². The fraction of sp³-hybridized carbons (Fsp3) is 1.00. The van der Waals surface area contributed by atoms with Gasteiger partial charge in [-0.05, 0) is 58.5 Å². The van der Waals surface area contributed by atoms with Gasteiger partial charge in [-0.15, -0.1) is 0 Å². The predicted octanol–water partition coefficient (Wildman–Crippen LogP) is 3.01. The van der Waals surface area contributed by atoms with Gasteiger partial charge in [-0.2, -0.15) is 0 Å². The van der Waals surface area contributed by atoms with Gasteiger partial charge in [0.1, 0.15) is 0 Å². The number of nitrogens with zero attached hydrogens (tertiary/aromatic N) is 1. The van der Waals surface area contributed by atoms with Crippen molar-refractivity contribution < 1.29 is 0 Å². The van der Waals surface area contributed by atoms with Gasteiger partial charge < -0.3 is 5.73 Å². The lowest BCUT2D eigenvalue weighted by molar-refractivity contribution is -0.0116. The molecule has 0 bridgehead atoms. The number of nitrogens with two attached hydrogens (primary N) is 1. The third-order valence-electron chi connectivity index (χ3n) is 4.60. The molecule has 0 saturated carbocycles. The zero-order valence-electron chi connectivity index (χ0n) is 11.8. The minimum atomic E-state index is 0.323. The SMILES string of the molecule is CC(N1CCCCC1(C)C)C(C)(C)CCN. The summed E-state index contributed by atoms with van der Waals surface area (Å²) in [5.74, 6) is 0. The van der Waals surface area contributed by atoms with Crippen LogP contribution in [-0.2, 0) is 0 Å². The highest BCUT2D eigenvalue weighted by Gasteiger charge is 2.38. The van der Waals surface area contributed by atoms with E-state index in [1.54, 1.807) is 0 Å². The van der Waals surface area contributed by atoms with Crippen LogP contribution in [0.2, 0.25) is 0 Å². The number of rotatable bonds is 4. The van der Waals surface area contributed by atoms with Gasteiger partial charge in [-0.25, -0.2) is 0 Å². The Morgan fingerprint density at radius 2 is 1.94 bits per heavy atom. The molecule has 2 nitrogen and oxygen atoms in total. The Labute approximate surface area is 102 Å². The van der Waals surface area contributed by atoms with Crippen LogP contribution in [-0.4, -0.2) is 29.6 Å². The molecule has 1 fully saturated rings. The smallest absolute Gasteiger partial charge is 0.0156 e. The highest BCUT2D eigenvalue weighted by molar-refractivity contribution is 4.93. The number of hydrogen-bond donors (Lipinski definition) is 1. The van der Waals surface area contributed by atoms with Crippen LogP contribution in [0.5, 0.6) is 0 Å². The summed E-state index contributed by atoms with van der Waals surface area (Å²) in [6.45, 7) is 13.9. The van der Waals surface area contributed by atoms with Crippen molar-refractivity contribution in [3.05, 3.63) is 0 Å². The fourth-order valence-electron chi connectivity index (χ4n) is 3.01. The second kappa shape index (κ2) is 5.05. The van der Waals surface area contributed by atoms with E-state index in [0.717, 1.165) is 13.0 Å². The average Bonchev–Trinajstić information content (AvgIpc) is 2.16. The summed E-state index contributed by atoms with van der Waals surface area (Å²) in [5, 5.41) is 0. The van der Waals surface area contributed by atoms with Crippen LogP contribution in [0, 0.1) is 5.41 Å². The van der Waals surface area contributed by atoms with E-state index in [9.17, 15) is 0 Å². The molecule has 1 heterocycles. The lowest BCUT2D eigenvalue weighted by atomic mass is 9.77. The summed E-state index contributed by atoms with van der Waals surface area (Å²) < 4.78 is 0. The average molecular weight is 226 g/mol. The van der Waals surface area contributed by atoms with Crippen LogP contribution < -0.4 is 5.73 Å². The van der Waals surface area contributed by atoms with Crippen molar-refractivity contribution in [2.75, 3.05) is 13.1 Å². The Kier molecular flexibility index (Phi) is 4.42. The van der Waals surface area contributed by atoms with Gasteiger partial charge in [0.05, 0.1) is 0 Å². The third-order valence-corrected chi connectivity index (χ3v) is 4.60. The van der Waals surface area contributed by atoms with E-state index in [0.29, 0.717) is 17.0 Å². The third kappa shape index (κ3) is 2.98. The van der Waals surface area contributed by atoms with Crippen molar-refractivity contribution in [1.82, 2.24) is 4.90 Å². The van der Waals surface area contributed by atoms with Crippen LogP contribution in [0.3, 0.4) is 0 Å². The van der Waals surface area contributed by atoms with Crippen molar-refractivity contribution >= 4 is 0 Å². The molecular formula is C14H30N2. The molecule has 0 aromatic carbocycles. The minimum Gasteiger partial charge on any atom is -0.330 e. The van der Waals surface area contributed by atoms with E-state index < -0.39 is 0 Å². The normalized spacial score (nSPS) is 24.4. The molecular weight excluding hydrogens is 196 g/mol. The molecule has 1 aliphatic rings. The fourth-order valence-corrected chi connectivity index (χ4v) is 3.01. The lowest BCUT2D eigenvalue weighted by Crippen LogP contribution is -2.56. The van der Waals surface area contributed by atoms with Gasteiger partial charge in [0, 0.05) is 11.6 Å². The molecule has 16 heavy (non-hydrogen) atoms. The Morgan fingerprint density at radius 1 is 1.31 bits per heavy atom. The maximum Gasteiger partial charge on any atom is 0.0156 e. The molecule has 1 rings (SSSR count). The standard InChI is InChI=1S/C14H30N2/c1-12(13(2,3)9-10-15)16-11-7-6-8-14(16,4)5/h12H,6-11,15H2,1-5H3. The predicted molar refractivity (Wildman–Crippen MR) is 71.6 cm³/mol. The highest BCUT2D eigenvalue weighted by Crippen LogP contribution is 2.36. The molecule has 1 unspecified atom stereocenters. The summed E-state index contributed by atoms with van der Waals surface area (Å²) in [6.07, 6.45) is 5.18. The molecule has 1 aliphatic heterocycles. The molecule has 1 atom stereocenters. The van der Waals surface area contributed by atoms with E-state index in [2.05, 4.69) is 39.5 Å². The summed E-state index contributed by atoms with van der Waals surface area (Å²) >= 11 is 0. The first-order chi connectivity index (χ1) is 7.31. The minimum absolute atomic E-state index is 0.323. The molecule has 0 radical (unpaired) electrons. The number of likely N-dealkylation sites (tertiary alicyclic amines) is 1. The van der Waals surface area contributed by atoms with Gasteiger partial charge in [-0.1, -0.05) is 20.3 Å². The van der Waals surface area contributed by atoms with Crippen LogP contribution in [0.1, 0.15) is 60.3 Å². The first kappa shape index (κ1) is 14.0. The van der Waals surface area contributed by atoms with Gasteiger partial charge in [0.2, 0.25) is 0 Å². The zero-order chi connectivity index (χ0) is 12.4. The summed E-state index contributed by atoms with van der Waals surface area (Å²) in [6, 6.07) is 0.617. The van der Waals surface area contributed by atoms with Crippen LogP contribution >= 0.6 is 0 Å². The summed E-state index contributed by atoms with van der Waals surface area (Å²) in [5.41, 5.74) is 6.42. The molecule has 0 aromatic rings. The summed E-state index contributed by atoms with van der Waals surface area (Å²) in [4.78, 5) is 2.70. The van der Waals surface area contributed by atoms with Crippen LogP contribution in [0.25, 0.3) is 0 Å². The second-order valence-electron chi connectivity index (χ2n) is 6.67. The van der Waals surface area contributed by atoms with E-state index in [1.807, 2.05) is 0 Å². The first-order valence-corrected chi connectivity index (χ1v) is 6.78. The van der Waals surface area contributed by atoms with E-state index >= 15 is 0 Å². The molecule has 2 N–H and O–H groups in total. The lowest BCUT2D eigenvalue weighted by Gasteiger charge is -2.51. The van der Waals surface area contributed by atoms with Crippen molar-refractivity contribution in [2.24, 2.45) is 11.1 Å². The van der Waals surface area contributed by atoms with Gasteiger partial charge in [-0.3, -0.25) is 4.90 Å². The number of hydrogen-bond acceptors (Lipinski definition) is 2. The van der Waals surface area contributed by atoms with E-state index in [1.165, 1.54) is 25.8 Å². The Hall–Kier alpha value is -0.0800. The second-order valence-corrected chi connectivity index (χ2v) is 6.67. The van der Waals surface area contributed by atoms with Gasteiger partial charge >= 0.3 is 0 Å². The molecule has 96 valence electrons. The Morgan fingerprint density at radius 3 is 2.44 bits per heavy atom. The first-order valence-electron chi connectivity index (χ1n) is 6.78. The maximum absolute atomic E-state index is 5.73. The molecule has 1 saturated heterocycles. The quantitative estimate of drug-likeness (QED) is 0.798. The van der Waals surface area contributed by atoms with E-state index in [-0.39, 0.29) is 0 Å². The van der Waals surface area contributed by atoms with Crippen LogP contribution in [0.4, 0.5) is 0 Å². The Balaban J connectivity index is 2.74. The Bertz CT molecular complexity index is 221. The molecule has 0 aromatic heterocycles. The monoisotopic (exact) mass is 226 g/mol. The maximum atomic E-state index is 5.73. The zero-order valence-corrected chi connectivity index (χ0v) is 11.8. The van der Waals surface area contributed by atoms with Gasteiger partial charge in [0.15, 0.2) is 0 Å². The van der Waals surface area contributed by atoms with Crippen molar-refractivity contribution in [1.29, 1.82) is 0 Å². The molecule has 0 aliphatic carbocycles. The van der Waals surface area contributed by atoms with Crippen molar-refractivity contribution in [3.63, 3.8) is 0 Å². The molecule has 2 heteroatoms. The molecule has 0 spiro atoms. The van der Waals surface area contributed by atoms with Gasteiger partial charge in [0.25, 0.3) is 0 Å². The summed E-state index contributed by atoms with van der Waals surface area (Å²) in [7, 11) is 0. The highest BCUT2D eigenvalue weighted by atomic mass is 15.2.